The molecule has 0 radical (unpaired) electrons. The van der Waals surface area contributed by atoms with Crippen molar-refractivity contribution < 1.29 is 13.2 Å². The van der Waals surface area contributed by atoms with E-state index in [0.717, 1.165) is 24.8 Å². The summed E-state index contributed by atoms with van der Waals surface area (Å²) in [5, 5.41) is 3.03. The highest BCUT2D eigenvalue weighted by atomic mass is 32.2. The van der Waals surface area contributed by atoms with Gasteiger partial charge in [0.2, 0.25) is 15.9 Å². The molecule has 1 aliphatic heterocycles. The molecule has 0 spiro atoms. The fourth-order valence-corrected chi connectivity index (χ4v) is 5.94. The molecule has 1 aliphatic carbocycles. The number of carbonyl (C=O) groups excluding carboxylic acids is 1. The average Bonchev–Trinajstić information content (AvgIpc) is 2.79. The summed E-state index contributed by atoms with van der Waals surface area (Å²) >= 11 is 0. The summed E-state index contributed by atoms with van der Waals surface area (Å²) in [6, 6.07) is 15.4. The zero-order valence-electron chi connectivity index (χ0n) is 18.1. The standard InChI is InChI=1S/C24H31N3O3S/c1-19(20-7-3-2-4-8-20)25-24(28)18-26-13-15-27(16-14-26)31(29,30)23-12-11-21-9-5-6-10-22(21)17-23/h2-4,7-8,11-12,17,19H,5-6,9-10,13-16,18H2,1H3,(H,25,28). The van der Waals surface area contributed by atoms with Gasteiger partial charge < -0.3 is 5.32 Å². The molecule has 1 unspecified atom stereocenters. The molecule has 6 nitrogen and oxygen atoms in total. The van der Waals surface area contributed by atoms with Gasteiger partial charge in [0.25, 0.3) is 0 Å². The minimum atomic E-state index is -3.50. The minimum Gasteiger partial charge on any atom is -0.348 e. The zero-order chi connectivity index (χ0) is 21.8. The van der Waals surface area contributed by atoms with Crippen molar-refractivity contribution in [2.75, 3.05) is 32.7 Å². The van der Waals surface area contributed by atoms with E-state index in [1.165, 1.54) is 17.5 Å². The monoisotopic (exact) mass is 441 g/mol. The van der Waals surface area contributed by atoms with Gasteiger partial charge in [-0.2, -0.15) is 4.31 Å². The molecule has 7 heteroatoms. The predicted octanol–water partition coefficient (Wildman–Crippen LogP) is 2.75. The maximum absolute atomic E-state index is 13.1. The number of hydrogen-bond donors (Lipinski definition) is 1. The second kappa shape index (κ2) is 9.51. The summed E-state index contributed by atoms with van der Waals surface area (Å²) < 4.78 is 27.8. The van der Waals surface area contributed by atoms with Crippen molar-refractivity contribution in [1.82, 2.24) is 14.5 Å². The first-order valence-electron chi connectivity index (χ1n) is 11.1. The first-order chi connectivity index (χ1) is 14.9. The molecule has 4 rings (SSSR count). The minimum absolute atomic E-state index is 0.0395. The zero-order valence-corrected chi connectivity index (χ0v) is 18.9. The Balaban J connectivity index is 1.31. The first-order valence-corrected chi connectivity index (χ1v) is 12.6. The molecular weight excluding hydrogens is 410 g/mol. The number of nitrogens with one attached hydrogen (secondary N) is 1. The van der Waals surface area contributed by atoms with Crippen LogP contribution in [0.3, 0.4) is 0 Å². The van der Waals surface area contributed by atoms with Crippen LogP contribution in [0.2, 0.25) is 0 Å². The Labute approximate surface area is 185 Å². The summed E-state index contributed by atoms with van der Waals surface area (Å²) in [5.74, 6) is -0.0395. The molecule has 2 aliphatic rings. The van der Waals surface area contributed by atoms with Crippen LogP contribution in [-0.4, -0.2) is 56.3 Å². The quantitative estimate of drug-likeness (QED) is 0.748. The molecule has 1 saturated heterocycles. The number of fused-ring (bicyclic) bond motifs is 1. The van der Waals surface area contributed by atoms with Crippen molar-refractivity contribution in [2.24, 2.45) is 0 Å². The van der Waals surface area contributed by atoms with Crippen molar-refractivity contribution in [1.29, 1.82) is 0 Å². The van der Waals surface area contributed by atoms with Crippen LogP contribution in [0.25, 0.3) is 0 Å². The Morgan fingerprint density at radius 3 is 2.35 bits per heavy atom. The maximum atomic E-state index is 13.1. The van der Waals surface area contributed by atoms with E-state index in [4.69, 9.17) is 0 Å². The van der Waals surface area contributed by atoms with E-state index < -0.39 is 10.0 Å². The Hall–Kier alpha value is -2.22. The molecule has 2 aromatic carbocycles. The smallest absolute Gasteiger partial charge is 0.243 e. The third kappa shape index (κ3) is 5.17. The van der Waals surface area contributed by atoms with Gasteiger partial charge in [-0.25, -0.2) is 8.42 Å². The van der Waals surface area contributed by atoms with Crippen LogP contribution >= 0.6 is 0 Å². The number of benzene rings is 2. The van der Waals surface area contributed by atoms with Crippen LogP contribution in [0, 0.1) is 0 Å². The molecule has 1 heterocycles. The molecule has 1 atom stereocenters. The lowest BCUT2D eigenvalue weighted by Crippen LogP contribution is -2.51. The molecule has 0 aromatic heterocycles. The Morgan fingerprint density at radius 2 is 1.65 bits per heavy atom. The first kappa shape index (κ1) is 22.0. The fraction of sp³-hybridized carbons (Fsp3) is 0.458. The lowest BCUT2D eigenvalue weighted by molar-refractivity contribution is -0.123. The molecule has 0 bridgehead atoms. The van der Waals surface area contributed by atoms with Crippen molar-refractivity contribution in [2.45, 2.75) is 43.5 Å². The topological polar surface area (TPSA) is 69.7 Å². The van der Waals surface area contributed by atoms with Gasteiger partial charge in [0.1, 0.15) is 0 Å². The van der Waals surface area contributed by atoms with E-state index in [2.05, 4.69) is 5.32 Å². The van der Waals surface area contributed by atoms with Crippen molar-refractivity contribution >= 4 is 15.9 Å². The highest BCUT2D eigenvalue weighted by Crippen LogP contribution is 2.26. The second-order valence-corrected chi connectivity index (χ2v) is 10.5. The third-order valence-electron chi connectivity index (χ3n) is 6.33. The fourth-order valence-electron chi connectivity index (χ4n) is 4.46. The summed E-state index contributed by atoms with van der Waals surface area (Å²) in [4.78, 5) is 14.9. The van der Waals surface area contributed by atoms with Gasteiger partial charge in [-0.1, -0.05) is 36.4 Å². The van der Waals surface area contributed by atoms with E-state index in [-0.39, 0.29) is 18.5 Å². The van der Waals surface area contributed by atoms with E-state index in [0.29, 0.717) is 31.1 Å². The van der Waals surface area contributed by atoms with Crippen molar-refractivity contribution in [3.05, 3.63) is 65.2 Å². The largest absolute Gasteiger partial charge is 0.348 e. The average molecular weight is 442 g/mol. The molecular formula is C24H31N3O3S. The summed E-state index contributed by atoms with van der Waals surface area (Å²) in [6.07, 6.45) is 4.31. The number of nitrogens with zero attached hydrogens (tertiary/aromatic N) is 2. The summed E-state index contributed by atoms with van der Waals surface area (Å²) in [6.45, 7) is 4.16. The second-order valence-electron chi connectivity index (χ2n) is 8.52. The van der Waals surface area contributed by atoms with Gasteiger partial charge >= 0.3 is 0 Å². The van der Waals surface area contributed by atoms with Gasteiger partial charge in [0, 0.05) is 26.2 Å². The molecule has 31 heavy (non-hydrogen) atoms. The van der Waals surface area contributed by atoms with E-state index >= 15 is 0 Å². The van der Waals surface area contributed by atoms with E-state index in [1.807, 2.05) is 54.3 Å². The molecule has 1 amide bonds. The van der Waals surface area contributed by atoms with Crippen LogP contribution < -0.4 is 5.32 Å². The molecule has 2 aromatic rings. The van der Waals surface area contributed by atoms with Crippen LogP contribution in [0.5, 0.6) is 0 Å². The number of sulfonamides is 1. The lowest BCUT2D eigenvalue weighted by Gasteiger charge is -2.34. The van der Waals surface area contributed by atoms with Crippen LogP contribution in [0.15, 0.2) is 53.4 Å². The lowest BCUT2D eigenvalue weighted by atomic mass is 9.92. The SMILES string of the molecule is CC(NC(=O)CN1CCN(S(=O)(=O)c2ccc3c(c2)CCCC3)CC1)c1ccccc1. The Morgan fingerprint density at radius 1 is 0.968 bits per heavy atom. The number of piperazine rings is 1. The van der Waals surface area contributed by atoms with E-state index in [9.17, 15) is 13.2 Å². The third-order valence-corrected chi connectivity index (χ3v) is 8.23. The summed E-state index contributed by atoms with van der Waals surface area (Å²) in [5.41, 5.74) is 3.53. The number of carbonyl (C=O) groups is 1. The van der Waals surface area contributed by atoms with Crippen molar-refractivity contribution in [3.8, 4) is 0 Å². The predicted molar refractivity (Wildman–Crippen MR) is 121 cm³/mol. The number of amides is 1. The molecule has 1 fully saturated rings. The Bertz CT molecular complexity index is 1020. The van der Waals surface area contributed by atoms with Gasteiger partial charge in [-0.3, -0.25) is 9.69 Å². The van der Waals surface area contributed by atoms with Gasteiger partial charge in [-0.15, -0.1) is 0 Å². The van der Waals surface area contributed by atoms with Gasteiger partial charge in [0.15, 0.2) is 0 Å². The summed E-state index contributed by atoms with van der Waals surface area (Å²) in [7, 11) is -3.50. The normalized spacial score (nSPS) is 18.9. The number of aryl methyl sites for hydroxylation is 2. The van der Waals surface area contributed by atoms with Crippen LogP contribution in [0.4, 0.5) is 0 Å². The van der Waals surface area contributed by atoms with E-state index in [1.54, 1.807) is 10.4 Å². The molecule has 0 saturated carbocycles. The van der Waals surface area contributed by atoms with Gasteiger partial charge in [-0.05, 0) is 61.4 Å². The highest BCUT2D eigenvalue weighted by molar-refractivity contribution is 7.89. The van der Waals surface area contributed by atoms with Gasteiger partial charge in [0.05, 0.1) is 17.5 Å². The molecule has 166 valence electrons. The van der Waals surface area contributed by atoms with Crippen molar-refractivity contribution in [3.63, 3.8) is 0 Å². The molecule has 1 N–H and O–H groups in total. The number of hydrogen-bond acceptors (Lipinski definition) is 4. The van der Waals surface area contributed by atoms with Crippen LogP contribution in [0.1, 0.15) is 42.5 Å². The highest BCUT2D eigenvalue weighted by Gasteiger charge is 2.30. The maximum Gasteiger partial charge on any atom is 0.243 e. The number of rotatable bonds is 6. The van der Waals surface area contributed by atoms with Crippen LogP contribution in [-0.2, 0) is 27.7 Å². The Kier molecular flexibility index (Phi) is 6.74.